The van der Waals surface area contributed by atoms with Crippen molar-refractivity contribution in [3.05, 3.63) is 59.7 Å². The van der Waals surface area contributed by atoms with Crippen LogP contribution in [0.25, 0.3) is 11.1 Å². The third-order valence-corrected chi connectivity index (χ3v) is 2.71. The average Bonchev–Trinajstić information content (AvgIpc) is 2.56. The fourth-order valence-corrected chi connectivity index (χ4v) is 2.08. The number of fused-ring (bicyclic) bond motifs is 3. The van der Waals surface area contributed by atoms with Gasteiger partial charge in [-0.3, -0.25) is 0 Å². The van der Waals surface area contributed by atoms with E-state index in [0.717, 1.165) is 6.42 Å². The molecule has 1 aliphatic carbocycles. The summed E-state index contributed by atoms with van der Waals surface area (Å²) in [6.07, 6.45) is 1.10. The molecule has 0 radical (unpaired) electrons. The smallest absolute Gasteiger partial charge is 0.00135 e. The van der Waals surface area contributed by atoms with E-state index in [1.165, 1.54) is 22.3 Å². The minimum atomic E-state index is 0. The van der Waals surface area contributed by atoms with E-state index >= 15 is 0 Å². The van der Waals surface area contributed by atoms with Crippen LogP contribution in [-0.4, -0.2) is 25.8 Å². The van der Waals surface area contributed by atoms with Crippen LogP contribution in [0.15, 0.2) is 48.5 Å². The molecule has 2 aromatic rings. The van der Waals surface area contributed by atoms with Crippen LogP contribution in [-0.2, 0) is 6.42 Å². The summed E-state index contributed by atoms with van der Waals surface area (Å²) in [4.78, 5) is 0. The Labute approximate surface area is 103 Å². The fourth-order valence-electron chi connectivity index (χ4n) is 2.08. The van der Waals surface area contributed by atoms with Gasteiger partial charge >= 0.3 is 25.8 Å². The molecule has 0 unspecified atom stereocenters. The van der Waals surface area contributed by atoms with E-state index in [-0.39, 0.29) is 25.8 Å². The summed E-state index contributed by atoms with van der Waals surface area (Å²) < 4.78 is 0. The number of hydrogen-bond donors (Lipinski definition) is 0. The Bertz CT molecular complexity index is 417. The maximum Gasteiger partial charge on any atom is -0.00135 e. The Morgan fingerprint density at radius 3 is 1.57 bits per heavy atom. The molecule has 0 atom stereocenters. The first-order valence-electron chi connectivity index (χ1n) is 4.61. The van der Waals surface area contributed by atoms with Crippen LogP contribution >= 0.6 is 0 Å². The maximum atomic E-state index is 2.22. The Morgan fingerprint density at radius 2 is 1.07 bits per heavy atom. The second-order valence-corrected chi connectivity index (χ2v) is 3.49. The molecule has 0 spiro atoms. The van der Waals surface area contributed by atoms with Gasteiger partial charge < -0.3 is 0 Å². The second-order valence-electron chi connectivity index (χ2n) is 3.49. The van der Waals surface area contributed by atoms with E-state index in [0.29, 0.717) is 0 Å². The van der Waals surface area contributed by atoms with Gasteiger partial charge in [0.15, 0.2) is 0 Å². The van der Waals surface area contributed by atoms with E-state index in [1.54, 1.807) is 0 Å². The van der Waals surface area contributed by atoms with Crippen LogP contribution in [0.5, 0.6) is 0 Å². The van der Waals surface area contributed by atoms with Gasteiger partial charge in [-0.05, 0) is 28.7 Å². The van der Waals surface area contributed by atoms with Crippen LogP contribution in [0, 0.1) is 0 Å². The van der Waals surface area contributed by atoms with Crippen LogP contribution in [0.4, 0.5) is 0 Å². The van der Waals surface area contributed by atoms with Crippen molar-refractivity contribution < 1.29 is 0 Å². The van der Waals surface area contributed by atoms with Crippen LogP contribution in [0.1, 0.15) is 11.1 Å². The largest absolute Gasteiger partial charge is 0.0619 e. The van der Waals surface area contributed by atoms with Gasteiger partial charge in [-0.15, -0.1) is 0 Å². The Morgan fingerprint density at radius 1 is 0.643 bits per heavy atom. The molecule has 0 amide bonds. The molecule has 0 aliphatic heterocycles. The topological polar surface area (TPSA) is 0 Å². The summed E-state index contributed by atoms with van der Waals surface area (Å²) in [6, 6.07) is 17.3. The van der Waals surface area contributed by atoms with Gasteiger partial charge in [0.2, 0.25) is 0 Å². The first-order chi connectivity index (χ1) is 6.45. The summed E-state index contributed by atoms with van der Waals surface area (Å²) in [5.74, 6) is 0. The molecular formula is C13H13In. The van der Waals surface area contributed by atoms with Crippen molar-refractivity contribution in [2.75, 3.05) is 0 Å². The van der Waals surface area contributed by atoms with Gasteiger partial charge in [0.1, 0.15) is 0 Å². The van der Waals surface area contributed by atoms with Crippen molar-refractivity contribution >= 4 is 25.8 Å². The van der Waals surface area contributed by atoms with E-state index in [9.17, 15) is 0 Å². The second kappa shape index (κ2) is 3.82. The normalized spacial score (nSPS) is 11.4. The average molecular weight is 284 g/mol. The molecule has 1 aliphatic rings. The first-order valence-corrected chi connectivity index (χ1v) is 4.61. The molecule has 0 saturated carbocycles. The van der Waals surface area contributed by atoms with Crippen molar-refractivity contribution in [3.63, 3.8) is 0 Å². The molecule has 0 heterocycles. The van der Waals surface area contributed by atoms with Crippen LogP contribution < -0.4 is 0 Å². The maximum absolute atomic E-state index is 2.22. The zero-order valence-electron chi connectivity index (χ0n) is 7.33. The molecule has 3 rings (SSSR count). The van der Waals surface area contributed by atoms with Gasteiger partial charge in [-0.25, -0.2) is 0 Å². The van der Waals surface area contributed by atoms with Crippen molar-refractivity contribution in [3.8, 4) is 11.1 Å². The SMILES string of the molecule is [InH3].c1ccc2c(c1)Cc1ccccc1-2. The van der Waals surface area contributed by atoms with Crippen LogP contribution in [0.2, 0.25) is 0 Å². The summed E-state index contributed by atoms with van der Waals surface area (Å²) in [7, 11) is 0. The zero-order valence-corrected chi connectivity index (χ0v) is 7.33. The van der Waals surface area contributed by atoms with Gasteiger partial charge in [-0.1, -0.05) is 48.5 Å². The molecule has 2 aromatic carbocycles. The third kappa shape index (κ3) is 1.40. The molecule has 0 N–H and O–H groups in total. The Balaban J connectivity index is 0.000000750. The molecule has 0 aromatic heterocycles. The minimum Gasteiger partial charge on any atom is -0.0619 e. The van der Waals surface area contributed by atoms with Crippen molar-refractivity contribution in [1.82, 2.24) is 0 Å². The summed E-state index contributed by atoms with van der Waals surface area (Å²) >= 11 is 0. The molecule has 0 fully saturated rings. The van der Waals surface area contributed by atoms with E-state index in [4.69, 9.17) is 0 Å². The molecule has 0 saturated heterocycles. The summed E-state index contributed by atoms with van der Waals surface area (Å²) in [6.45, 7) is 0. The Kier molecular flexibility index (Phi) is 2.69. The molecule has 0 bridgehead atoms. The quantitative estimate of drug-likeness (QED) is 0.593. The standard InChI is InChI=1S/C13H10.In.3H/c1-3-7-12-10(5-1)9-11-6-2-4-8-13(11)12;;;;/h1-8H,9H2;;;;. The number of rotatable bonds is 0. The molecule has 14 heavy (non-hydrogen) atoms. The van der Waals surface area contributed by atoms with Gasteiger partial charge in [0.25, 0.3) is 0 Å². The Hall–Kier alpha value is -0.690. The predicted octanol–water partition coefficient (Wildman–Crippen LogP) is 2.07. The van der Waals surface area contributed by atoms with E-state index in [2.05, 4.69) is 48.5 Å². The van der Waals surface area contributed by atoms with Crippen LogP contribution in [0.3, 0.4) is 0 Å². The first kappa shape index (κ1) is 9.85. The molecule has 68 valence electrons. The van der Waals surface area contributed by atoms with Crippen molar-refractivity contribution in [2.45, 2.75) is 6.42 Å². The number of benzene rings is 2. The molecule has 0 nitrogen and oxygen atoms in total. The molecular weight excluding hydrogens is 271 g/mol. The predicted molar refractivity (Wildman–Crippen MR) is 64.6 cm³/mol. The third-order valence-electron chi connectivity index (χ3n) is 2.71. The minimum absolute atomic E-state index is 0. The van der Waals surface area contributed by atoms with Gasteiger partial charge in [0.05, 0.1) is 0 Å². The number of hydrogen-bond acceptors (Lipinski definition) is 0. The van der Waals surface area contributed by atoms with Gasteiger partial charge in [0, 0.05) is 0 Å². The van der Waals surface area contributed by atoms with Crippen molar-refractivity contribution in [1.29, 1.82) is 0 Å². The van der Waals surface area contributed by atoms with Crippen molar-refractivity contribution in [2.24, 2.45) is 0 Å². The summed E-state index contributed by atoms with van der Waals surface area (Å²) in [5, 5.41) is 0. The summed E-state index contributed by atoms with van der Waals surface area (Å²) in [5.41, 5.74) is 5.75. The van der Waals surface area contributed by atoms with Gasteiger partial charge in [-0.2, -0.15) is 0 Å². The monoisotopic (exact) mass is 284 g/mol. The molecule has 1 heteroatoms. The van der Waals surface area contributed by atoms with E-state index in [1.807, 2.05) is 0 Å². The fraction of sp³-hybridized carbons (Fsp3) is 0.0769. The zero-order chi connectivity index (χ0) is 8.67. The van der Waals surface area contributed by atoms with E-state index < -0.39 is 0 Å².